The Labute approximate surface area is 127 Å². The Kier molecular flexibility index (Phi) is 5.70. The molecule has 5 nitrogen and oxygen atoms in total. The minimum atomic E-state index is 0.533. The Morgan fingerprint density at radius 3 is 2.43 bits per heavy atom. The summed E-state index contributed by atoms with van der Waals surface area (Å²) >= 11 is 0. The lowest BCUT2D eigenvalue weighted by Crippen LogP contribution is -2.48. The second-order valence-electron chi connectivity index (χ2n) is 5.35. The molecule has 1 atom stereocenters. The van der Waals surface area contributed by atoms with Crippen molar-refractivity contribution in [2.24, 2.45) is 0 Å². The van der Waals surface area contributed by atoms with Gasteiger partial charge in [0.15, 0.2) is 11.5 Å². The molecule has 0 aliphatic carbocycles. The lowest BCUT2D eigenvalue weighted by molar-refractivity contribution is 0.199. The normalized spacial score (nSPS) is 19.3. The summed E-state index contributed by atoms with van der Waals surface area (Å²) in [5.41, 5.74) is 1.18. The van der Waals surface area contributed by atoms with Crippen LogP contribution in [0.25, 0.3) is 0 Å². The summed E-state index contributed by atoms with van der Waals surface area (Å²) in [6.07, 6.45) is 0. The highest BCUT2D eigenvalue weighted by molar-refractivity contribution is 5.53. The second-order valence-corrected chi connectivity index (χ2v) is 5.35. The first-order valence-electron chi connectivity index (χ1n) is 7.51. The van der Waals surface area contributed by atoms with Crippen LogP contribution in [0.5, 0.6) is 17.2 Å². The fourth-order valence-electron chi connectivity index (χ4n) is 2.73. The third-order valence-corrected chi connectivity index (χ3v) is 3.67. The van der Waals surface area contributed by atoms with E-state index in [0.29, 0.717) is 18.4 Å². The molecule has 0 amide bonds. The first-order valence-corrected chi connectivity index (χ1v) is 7.51. The van der Waals surface area contributed by atoms with Crippen LogP contribution in [0.3, 0.4) is 0 Å². The third-order valence-electron chi connectivity index (χ3n) is 3.67. The van der Waals surface area contributed by atoms with E-state index in [1.165, 1.54) is 5.56 Å². The fourth-order valence-corrected chi connectivity index (χ4v) is 2.73. The van der Waals surface area contributed by atoms with Gasteiger partial charge in [0, 0.05) is 32.2 Å². The average Bonchev–Trinajstić information content (AvgIpc) is 2.48. The largest absolute Gasteiger partial charge is 0.493 e. The monoisotopic (exact) mass is 294 g/mol. The SMILES string of the molecule is CCOc1c(OC)cc(CN2CCN[C@@H](C)C2)cc1OC. The van der Waals surface area contributed by atoms with Crippen molar-refractivity contribution in [2.75, 3.05) is 40.5 Å². The predicted octanol–water partition coefficient (Wildman–Crippen LogP) is 1.90. The first kappa shape index (κ1) is 15.9. The summed E-state index contributed by atoms with van der Waals surface area (Å²) in [5, 5.41) is 3.46. The number of methoxy groups -OCH3 is 2. The molecular formula is C16H26N2O3. The topological polar surface area (TPSA) is 43.0 Å². The maximum atomic E-state index is 5.64. The van der Waals surface area contributed by atoms with Gasteiger partial charge < -0.3 is 19.5 Å². The van der Waals surface area contributed by atoms with Crippen LogP contribution in [0.15, 0.2) is 12.1 Å². The summed E-state index contributed by atoms with van der Waals surface area (Å²) in [6.45, 7) is 8.79. The van der Waals surface area contributed by atoms with Gasteiger partial charge in [-0.05, 0) is 31.5 Å². The van der Waals surface area contributed by atoms with Gasteiger partial charge in [-0.3, -0.25) is 4.90 Å². The van der Waals surface area contributed by atoms with Crippen LogP contribution in [0.1, 0.15) is 19.4 Å². The maximum Gasteiger partial charge on any atom is 0.203 e. The Balaban J connectivity index is 2.19. The van der Waals surface area contributed by atoms with Gasteiger partial charge in [-0.25, -0.2) is 0 Å². The van der Waals surface area contributed by atoms with Crippen molar-refractivity contribution < 1.29 is 14.2 Å². The van der Waals surface area contributed by atoms with Crippen molar-refractivity contribution in [1.29, 1.82) is 0 Å². The van der Waals surface area contributed by atoms with Gasteiger partial charge in [0.05, 0.1) is 20.8 Å². The minimum absolute atomic E-state index is 0.533. The Bertz CT molecular complexity index is 440. The van der Waals surface area contributed by atoms with Crippen molar-refractivity contribution in [3.8, 4) is 17.2 Å². The molecule has 1 N–H and O–H groups in total. The highest BCUT2D eigenvalue weighted by atomic mass is 16.5. The molecular weight excluding hydrogens is 268 g/mol. The molecule has 0 saturated carbocycles. The van der Waals surface area contributed by atoms with E-state index in [4.69, 9.17) is 14.2 Å². The molecule has 1 aromatic carbocycles. The van der Waals surface area contributed by atoms with E-state index >= 15 is 0 Å². The van der Waals surface area contributed by atoms with E-state index < -0.39 is 0 Å². The molecule has 0 radical (unpaired) electrons. The summed E-state index contributed by atoms with van der Waals surface area (Å²) in [5.74, 6) is 2.14. The molecule has 1 heterocycles. The van der Waals surface area contributed by atoms with E-state index in [1.807, 2.05) is 19.1 Å². The lowest BCUT2D eigenvalue weighted by atomic mass is 10.1. The van der Waals surface area contributed by atoms with Gasteiger partial charge in [-0.1, -0.05) is 0 Å². The quantitative estimate of drug-likeness (QED) is 0.868. The average molecular weight is 294 g/mol. The van der Waals surface area contributed by atoms with Crippen molar-refractivity contribution >= 4 is 0 Å². The number of nitrogens with zero attached hydrogens (tertiary/aromatic N) is 1. The first-order chi connectivity index (χ1) is 10.2. The van der Waals surface area contributed by atoms with Gasteiger partial charge in [-0.2, -0.15) is 0 Å². The number of piperazine rings is 1. The molecule has 0 bridgehead atoms. The minimum Gasteiger partial charge on any atom is -0.493 e. The summed E-state index contributed by atoms with van der Waals surface area (Å²) in [7, 11) is 3.32. The van der Waals surface area contributed by atoms with Crippen LogP contribution < -0.4 is 19.5 Å². The van der Waals surface area contributed by atoms with Crippen LogP contribution in [0.2, 0.25) is 0 Å². The van der Waals surface area contributed by atoms with Crippen LogP contribution in [-0.4, -0.2) is 51.4 Å². The van der Waals surface area contributed by atoms with E-state index in [0.717, 1.165) is 37.7 Å². The number of hydrogen-bond donors (Lipinski definition) is 1. The molecule has 1 fully saturated rings. The molecule has 21 heavy (non-hydrogen) atoms. The number of benzene rings is 1. The number of ether oxygens (including phenoxy) is 3. The zero-order valence-electron chi connectivity index (χ0n) is 13.4. The van der Waals surface area contributed by atoms with Gasteiger partial charge in [0.2, 0.25) is 5.75 Å². The number of rotatable bonds is 6. The fraction of sp³-hybridized carbons (Fsp3) is 0.625. The van der Waals surface area contributed by atoms with Crippen molar-refractivity contribution in [3.05, 3.63) is 17.7 Å². The Hall–Kier alpha value is -1.46. The smallest absolute Gasteiger partial charge is 0.203 e. The maximum absolute atomic E-state index is 5.64. The molecule has 1 aromatic rings. The van der Waals surface area contributed by atoms with Gasteiger partial charge >= 0.3 is 0 Å². The van der Waals surface area contributed by atoms with E-state index in [-0.39, 0.29) is 0 Å². The second kappa shape index (κ2) is 7.52. The zero-order chi connectivity index (χ0) is 15.2. The van der Waals surface area contributed by atoms with E-state index in [9.17, 15) is 0 Å². The number of nitrogens with one attached hydrogen (secondary N) is 1. The molecule has 118 valence electrons. The highest BCUT2D eigenvalue weighted by Crippen LogP contribution is 2.38. The Morgan fingerprint density at radius 1 is 1.24 bits per heavy atom. The molecule has 0 aromatic heterocycles. The van der Waals surface area contributed by atoms with Crippen LogP contribution in [0, 0.1) is 0 Å². The van der Waals surface area contributed by atoms with E-state index in [2.05, 4.69) is 17.1 Å². The van der Waals surface area contributed by atoms with E-state index in [1.54, 1.807) is 14.2 Å². The molecule has 0 unspecified atom stereocenters. The van der Waals surface area contributed by atoms with Gasteiger partial charge in [-0.15, -0.1) is 0 Å². The third kappa shape index (κ3) is 4.02. The highest BCUT2D eigenvalue weighted by Gasteiger charge is 2.18. The molecule has 1 saturated heterocycles. The molecule has 5 heteroatoms. The van der Waals surface area contributed by atoms with Crippen molar-refractivity contribution in [3.63, 3.8) is 0 Å². The predicted molar refractivity (Wildman–Crippen MR) is 83.5 cm³/mol. The summed E-state index contributed by atoms with van der Waals surface area (Å²) in [4.78, 5) is 2.44. The van der Waals surface area contributed by atoms with Gasteiger partial charge in [0.25, 0.3) is 0 Å². The number of hydrogen-bond acceptors (Lipinski definition) is 5. The van der Waals surface area contributed by atoms with Crippen LogP contribution >= 0.6 is 0 Å². The zero-order valence-corrected chi connectivity index (χ0v) is 13.4. The summed E-state index contributed by atoms with van der Waals surface area (Å²) < 4.78 is 16.5. The van der Waals surface area contributed by atoms with Crippen molar-refractivity contribution in [2.45, 2.75) is 26.4 Å². The lowest BCUT2D eigenvalue weighted by Gasteiger charge is -2.32. The summed E-state index contributed by atoms with van der Waals surface area (Å²) in [6, 6.07) is 4.62. The van der Waals surface area contributed by atoms with Crippen molar-refractivity contribution in [1.82, 2.24) is 10.2 Å². The van der Waals surface area contributed by atoms with Crippen LogP contribution in [0.4, 0.5) is 0 Å². The van der Waals surface area contributed by atoms with Gasteiger partial charge in [0.1, 0.15) is 0 Å². The Morgan fingerprint density at radius 2 is 1.90 bits per heavy atom. The molecule has 2 rings (SSSR count). The molecule has 1 aliphatic rings. The molecule has 1 aliphatic heterocycles. The standard InChI is InChI=1S/C16H26N2O3/c1-5-21-16-14(19-3)8-13(9-15(16)20-4)11-18-7-6-17-12(2)10-18/h8-9,12,17H,5-7,10-11H2,1-4H3/t12-/m0/s1. The van der Waals surface area contributed by atoms with Crippen LogP contribution in [-0.2, 0) is 6.54 Å². The molecule has 0 spiro atoms.